The number of aromatic nitrogens is 2. The van der Waals surface area contributed by atoms with Crippen LogP contribution in [0.25, 0.3) is 0 Å². The molecule has 4 rings (SSSR count). The van der Waals surface area contributed by atoms with Crippen molar-refractivity contribution in [2.75, 3.05) is 36.0 Å². The third-order valence-electron chi connectivity index (χ3n) is 4.86. The number of amides is 1. The fourth-order valence-corrected chi connectivity index (χ4v) is 3.30. The molecule has 1 aliphatic rings. The lowest BCUT2D eigenvalue weighted by atomic mass is 10.2. The molecule has 0 saturated carbocycles. The van der Waals surface area contributed by atoms with Crippen LogP contribution in [0.2, 0.25) is 0 Å². The summed E-state index contributed by atoms with van der Waals surface area (Å²) in [5.74, 6) is 0.426. The molecule has 2 heterocycles. The number of hydrogen-bond donors (Lipinski definition) is 1. The average Bonchev–Trinajstić information content (AvgIpc) is 2.79. The second-order valence-corrected chi connectivity index (χ2v) is 6.72. The van der Waals surface area contributed by atoms with E-state index in [1.807, 2.05) is 36.4 Å². The molecule has 0 bridgehead atoms. The zero-order valence-electron chi connectivity index (χ0n) is 15.7. The molecule has 142 valence electrons. The first-order chi connectivity index (χ1) is 13.8. The summed E-state index contributed by atoms with van der Waals surface area (Å²) in [5.41, 5.74) is 2.69. The highest BCUT2D eigenvalue weighted by molar-refractivity contribution is 5.92. The molecule has 6 nitrogen and oxygen atoms in total. The summed E-state index contributed by atoms with van der Waals surface area (Å²) in [4.78, 5) is 25.8. The fourth-order valence-electron chi connectivity index (χ4n) is 3.30. The molecular formula is C22H23N5O. The summed E-state index contributed by atoms with van der Waals surface area (Å²) < 4.78 is 0. The predicted octanol–water partition coefficient (Wildman–Crippen LogP) is 2.73. The molecule has 1 amide bonds. The molecule has 0 aliphatic carbocycles. The number of rotatable bonds is 5. The lowest BCUT2D eigenvalue weighted by Gasteiger charge is -2.36. The van der Waals surface area contributed by atoms with Crippen molar-refractivity contribution < 1.29 is 4.79 Å². The van der Waals surface area contributed by atoms with E-state index in [4.69, 9.17) is 0 Å². The molecule has 28 heavy (non-hydrogen) atoms. The van der Waals surface area contributed by atoms with Crippen LogP contribution < -0.4 is 15.1 Å². The highest BCUT2D eigenvalue weighted by Gasteiger charge is 2.20. The Morgan fingerprint density at radius 1 is 0.857 bits per heavy atom. The van der Waals surface area contributed by atoms with Gasteiger partial charge in [-0.25, -0.2) is 9.97 Å². The number of carbonyl (C=O) groups excluding carboxylic acids is 1. The summed E-state index contributed by atoms with van der Waals surface area (Å²) in [6.07, 6.45) is 1.66. The maximum atomic E-state index is 12.5. The van der Waals surface area contributed by atoms with Crippen LogP contribution >= 0.6 is 0 Å². The second kappa shape index (κ2) is 8.52. The van der Waals surface area contributed by atoms with Crippen LogP contribution in [0.4, 0.5) is 11.6 Å². The molecule has 0 spiro atoms. The second-order valence-electron chi connectivity index (χ2n) is 6.72. The Balaban J connectivity index is 1.37. The zero-order chi connectivity index (χ0) is 19.2. The van der Waals surface area contributed by atoms with Gasteiger partial charge >= 0.3 is 0 Å². The van der Waals surface area contributed by atoms with Gasteiger partial charge in [0.25, 0.3) is 5.91 Å². The summed E-state index contributed by atoms with van der Waals surface area (Å²) in [6.45, 7) is 3.93. The quantitative estimate of drug-likeness (QED) is 0.745. The number of nitrogens with one attached hydrogen (secondary N) is 1. The Kier molecular flexibility index (Phi) is 5.47. The molecular weight excluding hydrogens is 350 g/mol. The number of para-hydroxylation sites is 1. The van der Waals surface area contributed by atoms with Crippen molar-refractivity contribution in [3.63, 3.8) is 0 Å². The lowest BCUT2D eigenvalue weighted by Crippen LogP contribution is -2.47. The smallest absolute Gasteiger partial charge is 0.270 e. The maximum absolute atomic E-state index is 12.5. The Hall–Kier alpha value is -3.41. The van der Waals surface area contributed by atoms with Gasteiger partial charge in [0.05, 0.1) is 0 Å². The van der Waals surface area contributed by atoms with Crippen LogP contribution in [0.15, 0.2) is 72.9 Å². The first-order valence-electron chi connectivity index (χ1n) is 9.50. The van der Waals surface area contributed by atoms with Crippen LogP contribution in [0.3, 0.4) is 0 Å². The minimum absolute atomic E-state index is 0.185. The van der Waals surface area contributed by atoms with Crippen molar-refractivity contribution in [2.45, 2.75) is 6.54 Å². The largest absolute Gasteiger partial charge is 0.368 e. The van der Waals surface area contributed by atoms with Gasteiger partial charge in [-0.15, -0.1) is 0 Å². The van der Waals surface area contributed by atoms with Crippen LogP contribution in [0, 0.1) is 0 Å². The molecule has 2 aromatic carbocycles. The highest BCUT2D eigenvalue weighted by Crippen LogP contribution is 2.18. The topological polar surface area (TPSA) is 61.4 Å². The van der Waals surface area contributed by atoms with E-state index < -0.39 is 0 Å². The van der Waals surface area contributed by atoms with Crippen LogP contribution in [0.1, 0.15) is 16.1 Å². The Bertz CT molecular complexity index is 908. The third kappa shape index (κ3) is 4.28. The summed E-state index contributed by atoms with van der Waals surface area (Å²) in [7, 11) is 0. The minimum Gasteiger partial charge on any atom is -0.368 e. The van der Waals surface area contributed by atoms with Gasteiger partial charge in [0.1, 0.15) is 5.69 Å². The van der Waals surface area contributed by atoms with E-state index >= 15 is 0 Å². The normalized spacial score (nSPS) is 14.0. The molecule has 0 unspecified atom stereocenters. The number of hydrogen-bond acceptors (Lipinski definition) is 5. The molecule has 1 fully saturated rings. The van der Waals surface area contributed by atoms with Crippen molar-refractivity contribution in [3.05, 3.63) is 84.2 Å². The summed E-state index contributed by atoms with van der Waals surface area (Å²) in [5, 5.41) is 2.92. The minimum atomic E-state index is -0.185. The van der Waals surface area contributed by atoms with E-state index in [0.29, 0.717) is 18.2 Å². The Morgan fingerprint density at radius 3 is 2.21 bits per heavy atom. The molecule has 1 saturated heterocycles. The summed E-state index contributed by atoms with van der Waals surface area (Å²) in [6, 6.07) is 21.9. The van der Waals surface area contributed by atoms with E-state index in [0.717, 1.165) is 31.7 Å². The molecule has 1 N–H and O–H groups in total. The first kappa shape index (κ1) is 18.0. The number of benzene rings is 2. The molecule has 0 radical (unpaired) electrons. The van der Waals surface area contributed by atoms with Gasteiger partial charge in [0.15, 0.2) is 0 Å². The Labute approximate surface area is 164 Å². The Morgan fingerprint density at radius 2 is 1.50 bits per heavy atom. The van der Waals surface area contributed by atoms with Crippen molar-refractivity contribution >= 4 is 17.5 Å². The number of nitrogens with zero attached hydrogens (tertiary/aromatic N) is 4. The zero-order valence-corrected chi connectivity index (χ0v) is 15.7. The van der Waals surface area contributed by atoms with Crippen molar-refractivity contribution in [1.82, 2.24) is 15.3 Å². The van der Waals surface area contributed by atoms with Crippen LogP contribution in [0.5, 0.6) is 0 Å². The van der Waals surface area contributed by atoms with Gasteiger partial charge in [-0.05, 0) is 23.8 Å². The van der Waals surface area contributed by atoms with Crippen LogP contribution in [-0.2, 0) is 6.54 Å². The van der Waals surface area contributed by atoms with Crippen molar-refractivity contribution in [2.24, 2.45) is 0 Å². The monoisotopic (exact) mass is 373 g/mol. The molecule has 1 aromatic heterocycles. The molecule has 6 heteroatoms. The van der Waals surface area contributed by atoms with Gasteiger partial charge in [-0.1, -0.05) is 48.5 Å². The fraction of sp³-hybridized carbons (Fsp3) is 0.227. The first-order valence-corrected chi connectivity index (χ1v) is 9.50. The van der Waals surface area contributed by atoms with E-state index in [2.05, 4.69) is 49.4 Å². The van der Waals surface area contributed by atoms with E-state index in [-0.39, 0.29) is 5.91 Å². The summed E-state index contributed by atoms with van der Waals surface area (Å²) >= 11 is 0. The van der Waals surface area contributed by atoms with Gasteiger partial charge in [-0.2, -0.15) is 0 Å². The lowest BCUT2D eigenvalue weighted by molar-refractivity contribution is 0.0946. The third-order valence-corrected chi connectivity index (χ3v) is 4.86. The van der Waals surface area contributed by atoms with Crippen molar-refractivity contribution in [1.29, 1.82) is 0 Å². The van der Waals surface area contributed by atoms with E-state index in [1.165, 1.54) is 5.69 Å². The van der Waals surface area contributed by atoms with Crippen LogP contribution in [-0.4, -0.2) is 42.1 Å². The molecule has 0 atom stereocenters. The van der Waals surface area contributed by atoms with E-state index in [9.17, 15) is 4.79 Å². The predicted molar refractivity (Wildman–Crippen MR) is 111 cm³/mol. The number of carbonyl (C=O) groups is 1. The van der Waals surface area contributed by atoms with Gasteiger partial charge < -0.3 is 15.1 Å². The van der Waals surface area contributed by atoms with Gasteiger partial charge in [0, 0.05) is 44.6 Å². The van der Waals surface area contributed by atoms with Gasteiger partial charge in [0.2, 0.25) is 5.95 Å². The van der Waals surface area contributed by atoms with Crippen molar-refractivity contribution in [3.8, 4) is 0 Å². The van der Waals surface area contributed by atoms with Gasteiger partial charge in [-0.3, -0.25) is 4.79 Å². The highest BCUT2D eigenvalue weighted by atomic mass is 16.1. The number of piperazine rings is 1. The maximum Gasteiger partial charge on any atom is 0.270 e. The van der Waals surface area contributed by atoms with E-state index in [1.54, 1.807) is 12.3 Å². The standard InChI is InChI=1S/C22H23N5O/c28-21(24-17-18-7-3-1-4-8-18)20-11-12-23-22(25-20)27-15-13-26(14-16-27)19-9-5-2-6-10-19/h1-12H,13-17H2,(H,24,28). The molecule has 1 aliphatic heterocycles. The average molecular weight is 373 g/mol. The number of anilines is 2. The molecule has 3 aromatic rings. The SMILES string of the molecule is O=C(NCc1ccccc1)c1ccnc(N2CCN(c3ccccc3)CC2)n1.